The van der Waals surface area contributed by atoms with Gasteiger partial charge < -0.3 is 23.9 Å². The second-order valence-electron chi connectivity index (χ2n) is 8.52. The average molecular weight is 508 g/mol. The maximum Gasteiger partial charge on any atom is 0.309 e. The van der Waals surface area contributed by atoms with Crippen LogP contribution in [0.2, 0.25) is 5.02 Å². The van der Waals surface area contributed by atoms with Crippen LogP contribution in [-0.2, 0) is 22.5 Å². The van der Waals surface area contributed by atoms with Crippen LogP contribution in [0.25, 0.3) is 5.69 Å². The largest absolute Gasteiger partial charge is 0.493 e. The molecule has 0 bridgehead atoms. The molecule has 1 N–H and O–H groups in total. The highest BCUT2D eigenvalue weighted by atomic mass is 35.5. The average Bonchev–Trinajstić information content (AvgIpc) is 3.51. The number of methoxy groups -OCH3 is 2. The van der Waals surface area contributed by atoms with Gasteiger partial charge in [-0.05, 0) is 48.9 Å². The maximum absolute atomic E-state index is 11.0. The zero-order valence-corrected chi connectivity index (χ0v) is 20.7. The van der Waals surface area contributed by atoms with Crippen molar-refractivity contribution >= 4 is 17.6 Å². The van der Waals surface area contributed by atoms with Crippen molar-refractivity contribution in [2.75, 3.05) is 14.2 Å². The number of carboxylic acids is 1. The van der Waals surface area contributed by atoms with Crippen LogP contribution >= 0.6 is 11.6 Å². The van der Waals surface area contributed by atoms with E-state index in [-0.39, 0.29) is 12.5 Å². The lowest BCUT2D eigenvalue weighted by Gasteiger charge is -2.25. The standard InChI is InChI=1S/C27H26ClN3O5/c1-34-24-7-3-5-19(27(24)35-2)26-20-15-17(28)8-9-21(20)31-12-4-6-22(31)23(36-26)11-14-30-13-10-18(29-30)16-25(32)33/h3-10,12-13,15,23,26H,11,14,16H2,1-2H3,(H,32,33)/t23-,26-/m1/s1. The van der Waals surface area contributed by atoms with Gasteiger partial charge in [-0.15, -0.1) is 0 Å². The third-order valence-corrected chi connectivity index (χ3v) is 6.54. The van der Waals surface area contributed by atoms with Crippen molar-refractivity contribution in [1.82, 2.24) is 14.3 Å². The number of aromatic nitrogens is 3. The number of ether oxygens (including phenoxy) is 3. The topological polar surface area (TPSA) is 87.7 Å². The monoisotopic (exact) mass is 507 g/mol. The lowest BCUT2D eigenvalue weighted by molar-refractivity contribution is -0.136. The van der Waals surface area contributed by atoms with Gasteiger partial charge in [0.2, 0.25) is 0 Å². The van der Waals surface area contributed by atoms with E-state index in [4.69, 9.17) is 30.9 Å². The van der Waals surface area contributed by atoms with Crippen molar-refractivity contribution in [2.24, 2.45) is 0 Å². The third kappa shape index (κ3) is 4.57. The first kappa shape index (κ1) is 24.0. The number of benzene rings is 2. The Balaban J connectivity index is 1.55. The molecule has 0 spiro atoms. The number of halogens is 1. The van der Waals surface area contributed by atoms with Gasteiger partial charge in [0, 0.05) is 35.1 Å². The van der Waals surface area contributed by atoms with Gasteiger partial charge in [-0.25, -0.2) is 0 Å². The lowest BCUT2D eigenvalue weighted by Crippen LogP contribution is -2.14. The molecule has 4 aromatic rings. The number of carboxylic acid groups (broad SMARTS) is 1. The Bertz CT molecular complexity index is 1400. The van der Waals surface area contributed by atoms with Gasteiger partial charge >= 0.3 is 5.97 Å². The molecule has 0 fully saturated rings. The van der Waals surface area contributed by atoms with E-state index < -0.39 is 12.1 Å². The van der Waals surface area contributed by atoms with Gasteiger partial charge in [-0.2, -0.15) is 5.10 Å². The first-order valence-electron chi connectivity index (χ1n) is 11.6. The molecule has 1 aliphatic rings. The van der Waals surface area contributed by atoms with E-state index >= 15 is 0 Å². The first-order chi connectivity index (χ1) is 17.5. The van der Waals surface area contributed by atoms with Crippen LogP contribution in [0.4, 0.5) is 0 Å². The summed E-state index contributed by atoms with van der Waals surface area (Å²) in [5, 5.41) is 14.1. The van der Waals surface area contributed by atoms with Crippen LogP contribution < -0.4 is 9.47 Å². The first-order valence-corrected chi connectivity index (χ1v) is 11.9. The Morgan fingerprint density at radius 2 is 1.94 bits per heavy atom. The molecule has 186 valence electrons. The molecule has 0 amide bonds. The smallest absolute Gasteiger partial charge is 0.309 e. The molecule has 0 aliphatic carbocycles. The summed E-state index contributed by atoms with van der Waals surface area (Å²) in [5.41, 5.74) is 4.24. The van der Waals surface area contributed by atoms with E-state index in [1.54, 1.807) is 31.2 Å². The van der Waals surface area contributed by atoms with E-state index in [1.165, 1.54) is 0 Å². The Labute approximate surface area is 213 Å². The minimum absolute atomic E-state index is 0.108. The van der Waals surface area contributed by atoms with Crippen LogP contribution in [0.3, 0.4) is 0 Å². The zero-order chi connectivity index (χ0) is 25.2. The van der Waals surface area contributed by atoms with Crippen LogP contribution in [-0.4, -0.2) is 39.6 Å². The summed E-state index contributed by atoms with van der Waals surface area (Å²) in [6, 6.07) is 17.3. The number of hydrogen-bond acceptors (Lipinski definition) is 5. The molecular weight excluding hydrogens is 482 g/mol. The van der Waals surface area contributed by atoms with Crippen molar-refractivity contribution < 1.29 is 24.1 Å². The fourth-order valence-electron chi connectivity index (χ4n) is 4.74. The SMILES string of the molecule is COc1cccc([C@H]2O[C@H](CCn3ccc(CC(=O)O)n3)c3cccn3-c3ccc(Cl)cc32)c1OC. The summed E-state index contributed by atoms with van der Waals surface area (Å²) < 4.78 is 22.0. The number of nitrogens with zero attached hydrogens (tertiary/aromatic N) is 3. The summed E-state index contributed by atoms with van der Waals surface area (Å²) in [6.07, 6.45) is 3.55. The molecule has 0 saturated heterocycles. The molecule has 5 rings (SSSR count). The Kier molecular flexibility index (Phi) is 6.71. The van der Waals surface area contributed by atoms with E-state index in [1.807, 2.05) is 54.7 Å². The highest BCUT2D eigenvalue weighted by molar-refractivity contribution is 6.30. The van der Waals surface area contributed by atoms with Gasteiger partial charge in [0.05, 0.1) is 37.7 Å². The maximum atomic E-state index is 11.0. The molecular formula is C27H26ClN3O5. The molecule has 2 aromatic carbocycles. The Hall–Kier alpha value is -3.75. The molecule has 0 radical (unpaired) electrons. The fourth-order valence-corrected chi connectivity index (χ4v) is 4.92. The van der Waals surface area contributed by atoms with Crippen LogP contribution in [0.15, 0.2) is 67.0 Å². The van der Waals surface area contributed by atoms with E-state index in [9.17, 15) is 4.79 Å². The molecule has 8 nitrogen and oxygen atoms in total. The highest BCUT2D eigenvalue weighted by Gasteiger charge is 2.32. The van der Waals surface area contributed by atoms with Gasteiger partial charge in [-0.3, -0.25) is 9.48 Å². The molecule has 9 heteroatoms. The van der Waals surface area contributed by atoms with Crippen LogP contribution in [0.1, 0.15) is 41.1 Å². The summed E-state index contributed by atoms with van der Waals surface area (Å²) in [6.45, 7) is 0.550. The van der Waals surface area contributed by atoms with E-state index in [0.29, 0.717) is 35.2 Å². The fraction of sp³-hybridized carbons (Fsp3) is 0.259. The highest BCUT2D eigenvalue weighted by Crippen LogP contribution is 2.46. The van der Waals surface area contributed by atoms with Crippen LogP contribution in [0.5, 0.6) is 11.5 Å². The summed E-state index contributed by atoms with van der Waals surface area (Å²) in [5.74, 6) is 0.313. The minimum atomic E-state index is -0.906. The Morgan fingerprint density at radius 1 is 1.08 bits per heavy atom. The molecule has 0 saturated carbocycles. The number of aryl methyl sites for hydroxylation is 1. The molecule has 36 heavy (non-hydrogen) atoms. The van der Waals surface area contributed by atoms with Crippen molar-refractivity contribution in [3.8, 4) is 17.2 Å². The lowest BCUT2D eigenvalue weighted by atomic mass is 9.98. The number of aliphatic carboxylic acids is 1. The Morgan fingerprint density at radius 3 is 2.72 bits per heavy atom. The predicted octanol–water partition coefficient (Wildman–Crippen LogP) is 5.22. The quantitative estimate of drug-likeness (QED) is 0.351. The van der Waals surface area contributed by atoms with Gasteiger partial charge in [0.15, 0.2) is 11.5 Å². The second-order valence-corrected chi connectivity index (χ2v) is 8.96. The minimum Gasteiger partial charge on any atom is -0.493 e. The molecule has 2 aromatic heterocycles. The van der Waals surface area contributed by atoms with E-state index in [0.717, 1.165) is 22.5 Å². The van der Waals surface area contributed by atoms with Gasteiger partial charge in [0.1, 0.15) is 12.2 Å². The summed E-state index contributed by atoms with van der Waals surface area (Å²) >= 11 is 6.46. The molecule has 2 atom stereocenters. The van der Waals surface area contributed by atoms with Crippen molar-refractivity contribution in [3.05, 3.63) is 94.5 Å². The number of rotatable bonds is 8. The number of hydrogen-bond donors (Lipinski definition) is 1. The summed E-state index contributed by atoms with van der Waals surface area (Å²) in [7, 11) is 3.22. The normalized spacial score (nSPS) is 16.6. The molecule has 1 aliphatic heterocycles. The summed E-state index contributed by atoms with van der Waals surface area (Å²) in [4.78, 5) is 11.0. The zero-order valence-electron chi connectivity index (χ0n) is 19.9. The van der Waals surface area contributed by atoms with Crippen LogP contribution in [0, 0.1) is 0 Å². The number of para-hydroxylation sites is 1. The molecule has 0 unspecified atom stereocenters. The van der Waals surface area contributed by atoms with Gasteiger partial charge in [-0.1, -0.05) is 23.7 Å². The molecule has 3 heterocycles. The second kappa shape index (κ2) is 10.1. The third-order valence-electron chi connectivity index (χ3n) is 6.31. The van der Waals surface area contributed by atoms with Crippen molar-refractivity contribution in [1.29, 1.82) is 0 Å². The predicted molar refractivity (Wildman–Crippen MR) is 134 cm³/mol. The van der Waals surface area contributed by atoms with Crippen molar-refractivity contribution in [3.63, 3.8) is 0 Å². The van der Waals surface area contributed by atoms with Crippen molar-refractivity contribution in [2.45, 2.75) is 31.6 Å². The number of carbonyl (C=O) groups is 1. The van der Waals surface area contributed by atoms with E-state index in [2.05, 4.69) is 9.67 Å². The number of fused-ring (bicyclic) bond motifs is 3. The van der Waals surface area contributed by atoms with Gasteiger partial charge in [0.25, 0.3) is 0 Å².